The Morgan fingerprint density at radius 1 is 1.05 bits per heavy atom. The highest BCUT2D eigenvalue weighted by Gasteiger charge is 2.28. The minimum atomic E-state index is -3.57. The highest BCUT2D eigenvalue weighted by Crippen LogP contribution is 2.26. The summed E-state index contributed by atoms with van der Waals surface area (Å²) in [5, 5.41) is 3.80. The van der Waals surface area contributed by atoms with E-state index >= 15 is 0 Å². The summed E-state index contributed by atoms with van der Waals surface area (Å²) in [6, 6.07) is 9.86. The van der Waals surface area contributed by atoms with E-state index in [1.165, 1.54) is 9.21 Å². The SMILES string of the molecule is CC[C@@H](C)NC(=O)[C@H](C)N(Cc1ccc(Cl)cc1Cl)C(=O)CCCN(c1cc(C)ccc1C)S(C)(=O)=O. The summed E-state index contributed by atoms with van der Waals surface area (Å²) in [4.78, 5) is 27.8. The first-order valence-corrected chi connectivity index (χ1v) is 14.9. The van der Waals surface area contributed by atoms with Crippen LogP contribution in [0, 0.1) is 13.8 Å². The number of carbonyl (C=O) groups is 2. The number of aryl methyl sites for hydroxylation is 2. The predicted molar refractivity (Wildman–Crippen MR) is 152 cm³/mol. The summed E-state index contributed by atoms with van der Waals surface area (Å²) in [6.45, 7) is 9.56. The van der Waals surface area contributed by atoms with Crippen LogP contribution in [-0.4, -0.2) is 50.0 Å². The lowest BCUT2D eigenvalue weighted by Crippen LogP contribution is -2.49. The molecule has 2 rings (SSSR count). The first-order valence-electron chi connectivity index (χ1n) is 12.3. The summed E-state index contributed by atoms with van der Waals surface area (Å²) in [5.74, 6) is -0.534. The molecule has 0 aliphatic rings. The van der Waals surface area contributed by atoms with Gasteiger partial charge in [0.25, 0.3) is 0 Å². The zero-order valence-corrected chi connectivity index (χ0v) is 24.7. The first-order chi connectivity index (χ1) is 17.2. The zero-order chi connectivity index (χ0) is 27.9. The molecule has 0 spiro atoms. The molecule has 0 saturated carbocycles. The van der Waals surface area contributed by atoms with Gasteiger partial charge in [0.2, 0.25) is 21.8 Å². The van der Waals surface area contributed by atoms with E-state index in [0.717, 1.165) is 23.8 Å². The summed E-state index contributed by atoms with van der Waals surface area (Å²) in [6.07, 6.45) is 2.26. The van der Waals surface area contributed by atoms with E-state index in [2.05, 4.69) is 5.32 Å². The second kappa shape index (κ2) is 13.5. The molecule has 2 amide bonds. The number of benzene rings is 2. The Balaban J connectivity index is 2.24. The van der Waals surface area contributed by atoms with Crippen LogP contribution >= 0.6 is 23.2 Å². The second-order valence-electron chi connectivity index (χ2n) is 9.48. The maximum atomic E-state index is 13.4. The van der Waals surface area contributed by atoms with E-state index in [1.807, 2.05) is 45.9 Å². The molecule has 0 saturated heterocycles. The molecule has 10 heteroatoms. The van der Waals surface area contributed by atoms with Gasteiger partial charge >= 0.3 is 0 Å². The zero-order valence-electron chi connectivity index (χ0n) is 22.3. The summed E-state index contributed by atoms with van der Waals surface area (Å²) < 4.78 is 26.5. The number of hydrogen-bond acceptors (Lipinski definition) is 4. The van der Waals surface area contributed by atoms with Crippen LogP contribution in [0.1, 0.15) is 56.7 Å². The van der Waals surface area contributed by atoms with Crippen LogP contribution in [0.3, 0.4) is 0 Å². The van der Waals surface area contributed by atoms with Crippen molar-refractivity contribution in [3.63, 3.8) is 0 Å². The lowest BCUT2D eigenvalue weighted by Gasteiger charge is -2.30. The standard InChI is InChI=1S/C27H37Cl2N3O4S/c1-7-20(4)30-27(34)21(5)31(17-22-12-13-23(28)16-24(22)29)26(33)9-8-14-32(37(6,35)36)25-15-18(2)10-11-19(25)3/h10-13,15-16,20-21H,7-9,14,17H2,1-6H3,(H,30,34)/t20-,21+/m1/s1. The Bertz CT molecular complexity index is 1220. The fraction of sp³-hybridized carbons (Fsp3) is 0.481. The summed E-state index contributed by atoms with van der Waals surface area (Å²) in [7, 11) is -3.57. The number of sulfonamides is 1. The molecule has 2 aromatic rings. The minimum absolute atomic E-state index is 0.0353. The maximum absolute atomic E-state index is 13.4. The molecular formula is C27H37Cl2N3O4S. The smallest absolute Gasteiger partial charge is 0.242 e. The third kappa shape index (κ3) is 8.90. The maximum Gasteiger partial charge on any atom is 0.242 e. The van der Waals surface area contributed by atoms with Gasteiger partial charge in [-0.25, -0.2) is 8.42 Å². The van der Waals surface area contributed by atoms with E-state index in [4.69, 9.17) is 23.2 Å². The molecular weight excluding hydrogens is 533 g/mol. The molecule has 204 valence electrons. The normalized spacial score (nSPS) is 13.1. The van der Waals surface area contributed by atoms with Crippen molar-refractivity contribution < 1.29 is 18.0 Å². The number of hydrogen-bond donors (Lipinski definition) is 1. The fourth-order valence-electron chi connectivity index (χ4n) is 3.85. The van der Waals surface area contributed by atoms with Gasteiger partial charge in [-0.15, -0.1) is 0 Å². The molecule has 2 atom stereocenters. The second-order valence-corrected chi connectivity index (χ2v) is 12.2. The molecule has 0 unspecified atom stereocenters. The van der Waals surface area contributed by atoms with Gasteiger partial charge in [0, 0.05) is 35.6 Å². The van der Waals surface area contributed by atoms with Crippen LogP contribution < -0.4 is 9.62 Å². The lowest BCUT2D eigenvalue weighted by atomic mass is 10.1. The van der Waals surface area contributed by atoms with Crippen LogP contribution in [0.4, 0.5) is 5.69 Å². The van der Waals surface area contributed by atoms with Gasteiger partial charge in [-0.1, -0.05) is 48.3 Å². The van der Waals surface area contributed by atoms with Crippen molar-refractivity contribution in [3.05, 3.63) is 63.1 Å². The molecule has 0 bridgehead atoms. The number of halogens is 2. The molecule has 0 aliphatic carbocycles. The van der Waals surface area contributed by atoms with E-state index < -0.39 is 16.1 Å². The van der Waals surface area contributed by atoms with Crippen molar-refractivity contribution in [2.24, 2.45) is 0 Å². The monoisotopic (exact) mass is 569 g/mol. The molecule has 0 heterocycles. The molecule has 2 aromatic carbocycles. The van der Waals surface area contributed by atoms with E-state index in [-0.39, 0.29) is 43.8 Å². The highest BCUT2D eigenvalue weighted by atomic mass is 35.5. The van der Waals surface area contributed by atoms with Crippen LogP contribution in [0.5, 0.6) is 0 Å². The number of rotatable bonds is 12. The van der Waals surface area contributed by atoms with Gasteiger partial charge in [0.05, 0.1) is 11.9 Å². The van der Waals surface area contributed by atoms with Crippen molar-refractivity contribution in [2.45, 2.75) is 72.5 Å². The number of carbonyl (C=O) groups excluding carboxylic acids is 2. The average Bonchev–Trinajstić information content (AvgIpc) is 2.81. The Morgan fingerprint density at radius 2 is 1.73 bits per heavy atom. The third-order valence-corrected chi connectivity index (χ3v) is 8.08. The molecule has 7 nitrogen and oxygen atoms in total. The van der Waals surface area contributed by atoms with Crippen LogP contribution in [0.2, 0.25) is 10.0 Å². The topological polar surface area (TPSA) is 86.8 Å². The average molecular weight is 571 g/mol. The number of anilines is 1. The van der Waals surface area contributed by atoms with E-state index in [9.17, 15) is 18.0 Å². The van der Waals surface area contributed by atoms with E-state index in [0.29, 0.717) is 21.3 Å². The van der Waals surface area contributed by atoms with Crippen molar-refractivity contribution in [2.75, 3.05) is 17.1 Å². The van der Waals surface area contributed by atoms with E-state index in [1.54, 1.807) is 25.1 Å². The molecule has 37 heavy (non-hydrogen) atoms. The van der Waals surface area contributed by atoms with Crippen LogP contribution in [-0.2, 0) is 26.2 Å². The quantitative estimate of drug-likeness (QED) is 0.366. The Labute approximate surface area is 231 Å². The number of nitrogens with zero attached hydrogens (tertiary/aromatic N) is 2. The number of amides is 2. The summed E-state index contributed by atoms with van der Waals surface area (Å²) in [5.41, 5.74) is 3.03. The number of nitrogens with one attached hydrogen (secondary N) is 1. The Hall–Kier alpha value is -2.29. The van der Waals surface area contributed by atoms with Gasteiger partial charge < -0.3 is 10.2 Å². The Morgan fingerprint density at radius 3 is 2.32 bits per heavy atom. The van der Waals surface area contributed by atoms with Crippen LogP contribution in [0.25, 0.3) is 0 Å². The highest BCUT2D eigenvalue weighted by molar-refractivity contribution is 7.92. The Kier molecular flexibility index (Phi) is 11.3. The van der Waals surface area contributed by atoms with Crippen molar-refractivity contribution in [1.29, 1.82) is 0 Å². The van der Waals surface area contributed by atoms with Crippen LogP contribution in [0.15, 0.2) is 36.4 Å². The summed E-state index contributed by atoms with van der Waals surface area (Å²) >= 11 is 12.4. The van der Waals surface area contributed by atoms with Gasteiger partial charge in [0.1, 0.15) is 6.04 Å². The molecule has 0 radical (unpaired) electrons. The minimum Gasteiger partial charge on any atom is -0.352 e. The molecule has 1 N–H and O–H groups in total. The fourth-order valence-corrected chi connectivity index (χ4v) is 5.34. The van der Waals surface area contributed by atoms with Crippen molar-refractivity contribution in [1.82, 2.24) is 10.2 Å². The first kappa shape index (κ1) is 30.9. The largest absolute Gasteiger partial charge is 0.352 e. The predicted octanol–water partition coefficient (Wildman–Crippen LogP) is 5.49. The van der Waals surface area contributed by atoms with Gasteiger partial charge in [-0.3, -0.25) is 13.9 Å². The molecule has 0 aliphatic heterocycles. The van der Waals surface area contributed by atoms with Crippen molar-refractivity contribution in [3.8, 4) is 0 Å². The molecule has 0 fully saturated rings. The molecule has 0 aromatic heterocycles. The lowest BCUT2D eigenvalue weighted by molar-refractivity contribution is -0.140. The van der Waals surface area contributed by atoms with Crippen molar-refractivity contribution >= 4 is 50.7 Å². The van der Waals surface area contributed by atoms with Gasteiger partial charge in [0.15, 0.2) is 0 Å². The van der Waals surface area contributed by atoms with Gasteiger partial charge in [-0.2, -0.15) is 0 Å². The third-order valence-electron chi connectivity index (χ3n) is 6.31. The van der Waals surface area contributed by atoms with Gasteiger partial charge in [-0.05, 0) is 75.4 Å².